The summed E-state index contributed by atoms with van der Waals surface area (Å²) in [5, 5.41) is 16.4. The number of amides is 1. The molecule has 0 saturated carbocycles. The molecular formula is C26H22FN7O2. The highest BCUT2D eigenvalue weighted by Gasteiger charge is 2.26. The highest BCUT2D eigenvalue weighted by Crippen LogP contribution is 2.31. The highest BCUT2D eigenvalue weighted by molar-refractivity contribution is 5.81. The van der Waals surface area contributed by atoms with Crippen LogP contribution in [-0.2, 0) is 4.79 Å². The molecule has 1 amide bonds. The fourth-order valence-electron chi connectivity index (χ4n) is 4.41. The van der Waals surface area contributed by atoms with Crippen LogP contribution in [0.4, 0.5) is 10.2 Å². The zero-order valence-electron chi connectivity index (χ0n) is 19.3. The van der Waals surface area contributed by atoms with Gasteiger partial charge in [-0.3, -0.25) is 9.59 Å². The molecule has 0 radical (unpaired) electrons. The molecule has 0 spiro atoms. The van der Waals surface area contributed by atoms with Gasteiger partial charge in [-0.2, -0.15) is 10.4 Å². The molecule has 1 N–H and O–H groups in total. The van der Waals surface area contributed by atoms with Gasteiger partial charge in [0.1, 0.15) is 18.4 Å². The van der Waals surface area contributed by atoms with E-state index in [0.29, 0.717) is 42.5 Å². The Morgan fingerprint density at radius 2 is 2.14 bits per heavy atom. The summed E-state index contributed by atoms with van der Waals surface area (Å²) in [6.45, 7) is 0.897. The van der Waals surface area contributed by atoms with Crippen LogP contribution in [0.2, 0.25) is 0 Å². The topological polar surface area (TPSA) is 116 Å². The van der Waals surface area contributed by atoms with Crippen LogP contribution in [0.15, 0.2) is 54.9 Å². The maximum atomic E-state index is 15.8. The van der Waals surface area contributed by atoms with Crippen molar-refractivity contribution < 1.29 is 14.0 Å². The van der Waals surface area contributed by atoms with Gasteiger partial charge in [0.2, 0.25) is 5.91 Å². The van der Waals surface area contributed by atoms with Gasteiger partial charge in [0, 0.05) is 36.5 Å². The number of carbonyl (C=O) groups excluding carboxylic acids is 2. The van der Waals surface area contributed by atoms with Crippen LogP contribution in [0, 0.1) is 17.1 Å². The molecule has 0 bridgehead atoms. The Bertz CT molecular complexity index is 1490. The molecule has 4 heterocycles. The van der Waals surface area contributed by atoms with E-state index in [-0.39, 0.29) is 35.7 Å². The van der Waals surface area contributed by atoms with Crippen molar-refractivity contribution in [3.05, 3.63) is 66.2 Å². The SMILES string of the molecule is N#CCC(=O)N1CCC[C@@H](Nc2nc(-c3cnn4ccccc34)nc(-c3cccc(C=O)c3)c2F)C1. The lowest BCUT2D eigenvalue weighted by atomic mass is 10.0. The Labute approximate surface area is 206 Å². The number of nitrogens with zero attached hydrogens (tertiary/aromatic N) is 6. The van der Waals surface area contributed by atoms with Gasteiger partial charge in [0.25, 0.3) is 0 Å². The largest absolute Gasteiger partial charge is 0.363 e. The lowest BCUT2D eigenvalue weighted by Crippen LogP contribution is -2.45. The number of nitrogens with one attached hydrogen (secondary N) is 1. The number of benzene rings is 1. The number of likely N-dealkylation sites (tertiary alicyclic amines) is 1. The molecule has 1 aliphatic rings. The predicted octanol–water partition coefficient (Wildman–Crippen LogP) is 3.73. The maximum Gasteiger partial charge on any atom is 0.236 e. The van der Waals surface area contributed by atoms with Crippen LogP contribution in [0.5, 0.6) is 0 Å². The summed E-state index contributed by atoms with van der Waals surface area (Å²) < 4.78 is 17.5. The number of aldehydes is 1. The fraction of sp³-hybridized carbons (Fsp3) is 0.231. The number of hydrogen-bond acceptors (Lipinski definition) is 7. The average Bonchev–Trinajstić information content (AvgIpc) is 3.34. The Morgan fingerprint density at radius 1 is 1.25 bits per heavy atom. The van der Waals surface area contributed by atoms with E-state index in [1.54, 1.807) is 46.1 Å². The van der Waals surface area contributed by atoms with Crippen LogP contribution in [0.3, 0.4) is 0 Å². The number of nitriles is 1. The second kappa shape index (κ2) is 9.92. The predicted molar refractivity (Wildman–Crippen MR) is 130 cm³/mol. The van der Waals surface area contributed by atoms with Gasteiger partial charge < -0.3 is 10.2 Å². The average molecular weight is 484 g/mol. The zero-order valence-corrected chi connectivity index (χ0v) is 19.3. The second-order valence-electron chi connectivity index (χ2n) is 8.55. The van der Waals surface area contributed by atoms with Gasteiger partial charge in [-0.25, -0.2) is 18.9 Å². The molecule has 1 aliphatic heterocycles. The molecule has 3 aromatic heterocycles. The Balaban J connectivity index is 1.57. The number of rotatable bonds is 6. The molecule has 1 saturated heterocycles. The van der Waals surface area contributed by atoms with Crippen LogP contribution in [0.1, 0.15) is 29.6 Å². The van der Waals surface area contributed by atoms with Gasteiger partial charge in [-0.05, 0) is 31.0 Å². The van der Waals surface area contributed by atoms with Crippen molar-refractivity contribution >= 4 is 23.5 Å². The number of aromatic nitrogens is 4. The first kappa shape index (κ1) is 23.1. The van der Waals surface area contributed by atoms with Crippen molar-refractivity contribution in [2.24, 2.45) is 0 Å². The molecule has 0 unspecified atom stereocenters. The highest BCUT2D eigenvalue weighted by atomic mass is 19.1. The molecular weight excluding hydrogens is 461 g/mol. The summed E-state index contributed by atoms with van der Waals surface area (Å²) in [6.07, 6.45) is 5.36. The van der Waals surface area contributed by atoms with E-state index in [1.807, 2.05) is 24.3 Å². The Hall–Kier alpha value is -4.65. The van der Waals surface area contributed by atoms with Gasteiger partial charge in [-0.1, -0.05) is 24.3 Å². The third kappa shape index (κ3) is 4.51. The summed E-state index contributed by atoms with van der Waals surface area (Å²) in [6, 6.07) is 13.8. The molecule has 4 aromatic rings. The fourth-order valence-corrected chi connectivity index (χ4v) is 4.41. The van der Waals surface area contributed by atoms with Crippen molar-refractivity contribution in [3.8, 4) is 28.7 Å². The standard InChI is InChI=1S/C26H22FN7O2/c27-23-24(18-6-3-5-17(13-18)16-35)31-25(20-14-29-34-12-2-1-8-21(20)34)32-26(23)30-19-7-4-11-33(15-19)22(36)9-10-28/h1-3,5-6,8,12-14,16,19H,4,7,9,11,15H2,(H,30,31,32)/t19-/m1/s1. The first-order valence-corrected chi connectivity index (χ1v) is 11.5. The van der Waals surface area contributed by atoms with Crippen LogP contribution in [-0.4, -0.2) is 55.8 Å². The molecule has 9 nitrogen and oxygen atoms in total. The van der Waals surface area contributed by atoms with Gasteiger partial charge in [0.15, 0.2) is 17.5 Å². The Kier molecular flexibility index (Phi) is 6.36. The lowest BCUT2D eigenvalue weighted by Gasteiger charge is -2.33. The van der Waals surface area contributed by atoms with E-state index in [9.17, 15) is 9.59 Å². The monoisotopic (exact) mass is 483 g/mol. The number of piperidine rings is 1. The van der Waals surface area contributed by atoms with E-state index < -0.39 is 5.82 Å². The maximum absolute atomic E-state index is 15.8. The summed E-state index contributed by atoms with van der Waals surface area (Å²) in [7, 11) is 0. The summed E-state index contributed by atoms with van der Waals surface area (Å²) >= 11 is 0. The van der Waals surface area contributed by atoms with Gasteiger partial charge >= 0.3 is 0 Å². The minimum atomic E-state index is -0.654. The minimum Gasteiger partial charge on any atom is -0.363 e. The molecule has 1 atom stereocenters. The molecule has 1 aromatic carbocycles. The first-order valence-electron chi connectivity index (χ1n) is 11.5. The van der Waals surface area contributed by atoms with Gasteiger partial charge in [0.05, 0.1) is 23.3 Å². The number of carbonyl (C=O) groups is 2. The van der Waals surface area contributed by atoms with Crippen molar-refractivity contribution in [1.29, 1.82) is 5.26 Å². The van der Waals surface area contributed by atoms with Crippen molar-refractivity contribution in [2.75, 3.05) is 18.4 Å². The Morgan fingerprint density at radius 3 is 2.97 bits per heavy atom. The van der Waals surface area contributed by atoms with Gasteiger partial charge in [-0.15, -0.1) is 0 Å². The van der Waals surface area contributed by atoms with E-state index in [2.05, 4.69) is 20.4 Å². The summed E-state index contributed by atoms with van der Waals surface area (Å²) in [5.74, 6) is -0.620. The summed E-state index contributed by atoms with van der Waals surface area (Å²) in [5.41, 5.74) is 2.27. The number of fused-ring (bicyclic) bond motifs is 1. The van der Waals surface area contributed by atoms with Crippen LogP contribution >= 0.6 is 0 Å². The summed E-state index contributed by atoms with van der Waals surface area (Å²) in [4.78, 5) is 34.2. The van der Waals surface area contributed by atoms with Crippen molar-refractivity contribution in [3.63, 3.8) is 0 Å². The van der Waals surface area contributed by atoms with E-state index in [1.165, 1.54) is 0 Å². The molecule has 5 rings (SSSR count). The van der Waals surface area contributed by atoms with E-state index >= 15 is 4.39 Å². The van der Waals surface area contributed by atoms with E-state index in [0.717, 1.165) is 11.9 Å². The third-order valence-electron chi connectivity index (χ3n) is 6.16. The molecule has 1 fully saturated rings. The zero-order chi connectivity index (χ0) is 25.1. The first-order chi connectivity index (χ1) is 17.6. The van der Waals surface area contributed by atoms with Crippen LogP contribution < -0.4 is 5.32 Å². The normalized spacial score (nSPS) is 15.4. The van der Waals surface area contributed by atoms with E-state index in [4.69, 9.17) is 5.26 Å². The molecule has 10 heteroatoms. The minimum absolute atomic E-state index is 0.00127. The number of anilines is 1. The molecule has 36 heavy (non-hydrogen) atoms. The van der Waals surface area contributed by atoms with Crippen LogP contribution in [0.25, 0.3) is 28.2 Å². The van der Waals surface area contributed by atoms with Crippen molar-refractivity contribution in [1.82, 2.24) is 24.5 Å². The van der Waals surface area contributed by atoms with Crippen molar-refractivity contribution in [2.45, 2.75) is 25.3 Å². The molecule has 0 aliphatic carbocycles. The smallest absolute Gasteiger partial charge is 0.236 e. The lowest BCUT2D eigenvalue weighted by molar-refractivity contribution is -0.131. The second-order valence-corrected chi connectivity index (χ2v) is 8.55. The number of halogens is 1. The third-order valence-corrected chi connectivity index (χ3v) is 6.16. The number of pyridine rings is 1. The number of hydrogen-bond donors (Lipinski definition) is 1. The quantitative estimate of drug-likeness (QED) is 0.416. The molecule has 180 valence electrons.